The smallest absolute Gasteiger partial charge is 0.278 e. The van der Waals surface area contributed by atoms with Gasteiger partial charge in [0, 0.05) is 24.4 Å². The molecule has 0 saturated heterocycles. The number of aryl methyl sites for hydroxylation is 1. The first-order valence-electron chi connectivity index (χ1n) is 6.56. The van der Waals surface area contributed by atoms with Crippen LogP contribution in [-0.4, -0.2) is 24.4 Å². The topological polar surface area (TPSA) is 91.8 Å². The predicted molar refractivity (Wildman–Crippen MR) is 76.8 cm³/mol. The molecule has 0 bridgehead atoms. The van der Waals surface area contributed by atoms with E-state index in [-0.39, 0.29) is 11.5 Å². The Kier molecular flexibility index (Phi) is 2.87. The van der Waals surface area contributed by atoms with Crippen molar-refractivity contribution in [2.24, 2.45) is 7.05 Å². The van der Waals surface area contributed by atoms with E-state index in [1.54, 1.807) is 10.9 Å². The van der Waals surface area contributed by atoms with Gasteiger partial charge in [-0.25, -0.2) is 0 Å². The standard InChI is InChI=1S/C14H14N6O/c1-8(2)11-12(10-6-16-19(3)7-10)18-13-9(4-15)5-17-20(13)14(11)21/h5-8,18H,1-3H3. The molecular formula is C14H14N6O. The summed E-state index contributed by atoms with van der Waals surface area (Å²) in [4.78, 5) is 15.8. The van der Waals surface area contributed by atoms with Crippen molar-refractivity contribution in [2.45, 2.75) is 19.8 Å². The molecule has 3 heterocycles. The van der Waals surface area contributed by atoms with Crippen LogP contribution in [0.15, 0.2) is 23.4 Å². The van der Waals surface area contributed by atoms with E-state index in [1.165, 1.54) is 10.7 Å². The molecule has 0 spiro atoms. The van der Waals surface area contributed by atoms with Crippen molar-refractivity contribution in [1.29, 1.82) is 5.26 Å². The molecule has 0 unspecified atom stereocenters. The zero-order valence-electron chi connectivity index (χ0n) is 12.0. The van der Waals surface area contributed by atoms with Crippen molar-refractivity contribution in [2.75, 3.05) is 0 Å². The minimum atomic E-state index is -0.209. The molecule has 7 heteroatoms. The zero-order valence-corrected chi connectivity index (χ0v) is 12.0. The number of nitrogens with one attached hydrogen (secondary N) is 1. The van der Waals surface area contributed by atoms with Gasteiger partial charge in [-0.1, -0.05) is 13.8 Å². The van der Waals surface area contributed by atoms with Gasteiger partial charge in [0.15, 0.2) is 5.65 Å². The number of hydrogen-bond acceptors (Lipinski definition) is 4. The molecule has 0 aromatic carbocycles. The second kappa shape index (κ2) is 4.59. The summed E-state index contributed by atoms with van der Waals surface area (Å²) in [7, 11) is 1.81. The normalized spacial score (nSPS) is 11.2. The highest BCUT2D eigenvalue weighted by Crippen LogP contribution is 2.25. The van der Waals surface area contributed by atoms with Crippen molar-refractivity contribution >= 4 is 5.65 Å². The Bertz CT molecular complexity index is 921. The second-order valence-electron chi connectivity index (χ2n) is 5.21. The Labute approximate surface area is 120 Å². The summed E-state index contributed by atoms with van der Waals surface area (Å²) < 4.78 is 2.91. The van der Waals surface area contributed by atoms with Crippen LogP contribution >= 0.6 is 0 Å². The first kappa shape index (κ1) is 13.1. The Morgan fingerprint density at radius 3 is 2.67 bits per heavy atom. The Morgan fingerprint density at radius 2 is 2.10 bits per heavy atom. The lowest BCUT2D eigenvalue weighted by Gasteiger charge is -2.11. The first-order valence-corrected chi connectivity index (χ1v) is 6.56. The second-order valence-corrected chi connectivity index (χ2v) is 5.21. The number of H-pyrrole nitrogens is 1. The largest absolute Gasteiger partial charge is 0.338 e. The minimum Gasteiger partial charge on any atom is -0.338 e. The molecule has 21 heavy (non-hydrogen) atoms. The fourth-order valence-corrected chi connectivity index (χ4v) is 2.42. The van der Waals surface area contributed by atoms with Gasteiger partial charge < -0.3 is 4.98 Å². The summed E-state index contributed by atoms with van der Waals surface area (Å²) in [5, 5.41) is 17.3. The summed E-state index contributed by atoms with van der Waals surface area (Å²) in [6.07, 6.45) is 4.91. The summed E-state index contributed by atoms with van der Waals surface area (Å²) >= 11 is 0. The molecule has 7 nitrogen and oxygen atoms in total. The molecule has 3 aromatic rings. The number of rotatable bonds is 2. The van der Waals surface area contributed by atoms with Crippen LogP contribution in [-0.2, 0) is 7.05 Å². The molecule has 3 aromatic heterocycles. The Morgan fingerprint density at radius 1 is 1.33 bits per heavy atom. The SMILES string of the molecule is CC(C)c1c(-c2cnn(C)c2)[nH]c2c(C#N)cnn2c1=O. The van der Waals surface area contributed by atoms with Gasteiger partial charge in [-0.15, -0.1) is 0 Å². The third kappa shape index (κ3) is 1.92. The number of nitrogens with zero attached hydrogens (tertiary/aromatic N) is 5. The van der Waals surface area contributed by atoms with E-state index < -0.39 is 0 Å². The van der Waals surface area contributed by atoms with E-state index >= 15 is 0 Å². The van der Waals surface area contributed by atoms with Crippen LogP contribution < -0.4 is 5.56 Å². The van der Waals surface area contributed by atoms with Crippen molar-refractivity contribution in [3.8, 4) is 17.3 Å². The van der Waals surface area contributed by atoms with Gasteiger partial charge in [0.05, 0.1) is 18.1 Å². The van der Waals surface area contributed by atoms with E-state index in [9.17, 15) is 4.79 Å². The molecule has 0 radical (unpaired) electrons. The van der Waals surface area contributed by atoms with Gasteiger partial charge in [0.1, 0.15) is 11.6 Å². The minimum absolute atomic E-state index is 0.0168. The molecule has 0 fully saturated rings. The molecule has 0 saturated carbocycles. The van der Waals surface area contributed by atoms with Crippen LogP contribution in [0.1, 0.15) is 30.9 Å². The average molecular weight is 282 g/mol. The van der Waals surface area contributed by atoms with E-state index in [4.69, 9.17) is 5.26 Å². The Balaban J connectivity index is 2.44. The molecule has 1 N–H and O–H groups in total. The first-order chi connectivity index (χ1) is 10.0. The predicted octanol–water partition coefficient (Wildman–Crippen LogP) is 1.42. The van der Waals surface area contributed by atoms with Crippen molar-refractivity contribution < 1.29 is 0 Å². The van der Waals surface area contributed by atoms with Crippen molar-refractivity contribution in [3.63, 3.8) is 0 Å². The van der Waals surface area contributed by atoms with Crippen molar-refractivity contribution in [1.82, 2.24) is 24.4 Å². The summed E-state index contributed by atoms with van der Waals surface area (Å²) in [5.41, 5.74) is 2.67. The molecule has 0 aliphatic rings. The van der Waals surface area contributed by atoms with Gasteiger partial charge >= 0.3 is 0 Å². The lowest BCUT2D eigenvalue weighted by atomic mass is 10.00. The highest BCUT2D eigenvalue weighted by molar-refractivity contribution is 5.67. The van der Waals surface area contributed by atoms with Crippen molar-refractivity contribution in [3.05, 3.63) is 40.1 Å². The molecule has 0 amide bonds. The molecule has 106 valence electrons. The van der Waals surface area contributed by atoms with E-state index in [0.29, 0.717) is 22.5 Å². The van der Waals surface area contributed by atoms with Crippen LogP contribution in [0.4, 0.5) is 0 Å². The van der Waals surface area contributed by atoms with Crippen LogP contribution in [0.25, 0.3) is 16.9 Å². The monoisotopic (exact) mass is 282 g/mol. The van der Waals surface area contributed by atoms with Gasteiger partial charge in [0.25, 0.3) is 5.56 Å². The van der Waals surface area contributed by atoms with E-state index in [2.05, 4.69) is 15.2 Å². The number of aromatic nitrogens is 5. The van der Waals surface area contributed by atoms with E-state index in [1.807, 2.05) is 33.2 Å². The molecular weight excluding hydrogens is 268 g/mol. The average Bonchev–Trinajstić information content (AvgIpc) is 3.03. The fourth-order valence-electron chi connectivity index (χ4n) is 2.42. The van der Waals surface area contributed by atoms with Gasteiger partial charge in [-0.3, -0.25) is 9.48 Å². The highest BCUT2D eigenvalue weighted by atomic mass is 16.1. The lowest BCUT2D eigenvalue weighted by Crippen LogP contribution is -2.22. The van der Waals surface area contributed by atoms with Crippen LogP contribution in [0.3, 0.4) is 0 Å². The third-order valence-electron chi connectivity index (χ3n) is 3.40. The number of hydrogen-bond donors (Lipinski definition) is 1. The maximum Gasteiger partial charge on any atom is 0.278 e. The quantitative estimate of drug-likeness (QED) is 0.769. The zero-order chi connectivity index (χ0) is 15.1. The number of aromatic amines is 1. The van der Waals surface area contributed by atoms with Gasteiger partial charge in [-0.2, -0.15) is 20.0 Å². The van der Waals surface area contributed by atoms with E-state index in [0.717, 1.165) is 5.56 Å². The third-order valence-corrected chi connectivity index (χ3v) is 3.40. The van der Waals surface area contributed by atoms with Crippen LogP contribution in [0, 0.1) is 11.3 Å². The summed E-state index contributed by atoms with van der Waals surface area (Å²) in [6, 6.07) is 2.04. The van der Waals surface area contributed by atoms with Gasteiger partial charge in [0.2, 0.25) is 0 Å². The maximum absolute atomic E-state index is 12.6. The highest BCUT2D eigenvalue weighted by Gasteiger charge is 2.19. The lowest BCUT2D eigenvalue weighted by molar-refractivity contribution is 0.767. The summed E-state index contributed by atoms with van der Waals surface area (Å²) in [6.45, 7) is 3.90. The maximum atomic E-state index is 12.6. The molecule has 0 aliphatic carbocycles. The fraction of sp³-hybridized carbons (Fsp3) is 0.286. The molecule has 0 aliphatic heterocycles. The Hall–Kier alpha value is -2.88. The van der Waals surface area contributed by atoms with Crippen LogP contribution in [0.5, 0.6) is 0 Å². The molecule has 3 rings (SSSR count). The van der Waals surface area contributed by atoms with Gasteiger partial charge in [-0.05, 0) is 5.92 Å². The molecule has 0 atom stereocenters. The number of nitriles is 1. The number of fused-ring (bicyclic) bond motifs is 1. The summed E-state index contributed by atoms with van der Waals surface area (Å²) in [5.74, 6) is 0.0168. The van der Waals surface area contributed by atoms with Crippen LogP contribution in [0.2, 0.25) is 0 Å².